The van der Waals surface area contributed by atoms with E-state index in [9.17, 15) is 13.2 Å². The van der Waals surface area contributed by atoms with Gasteiger partial charge in [0.15, 0.2) is 5.96 Å². The van der Waals surface area contributed by atoms with E-state index in [0.717, 1.165) is 18.9 Å². The van der Waals surface area contributed by atoms with Crippen molar-refractivity contribution in [1.29, 1.82) is 0 Å². The zero-order valence-corrected chi connectivity index (χ0v) is 12.2. The zero-order valence-electron chi connectivity index (χ0n) is 12.2. The van der Waals surface area contributed by atoms with Crippen molar-refractivity contribution in [2.24, 2.45) is 22.4 Å². The highest BCUT2D eigenvalue weighted by atomic mass is 19.4. The monoisotopic (exact) mass is 305 g/mol. The van der Waals surface area contributed by atoms with Crippen molar-refractivity contribution >= 4 is 5.96 Å². The standard InChI is InChI=1S/C13H22F3N5/c1-21(2)11-19-10(13(14,15)16)7-12(18,20-11)8-3-5-9(17)6-4-8/h7-9H,3-6,17-18H2,1-2H3,(H,19,20)/t8?,9?,12-/m1/s1. The molecule has 1 saturated carbocycles. The van der Waals surface area contributed by atoms with E-state index >= 15 is 0 Å². The van der Waals surface area contributed by atoms with Crippen LogP contribution in [0.2, 0.25) is 0 Å². The Labute approximate surface area is 122 Å². The van der Waals surface area contributed by atoms with Crippen molar-refractivity contribution in [2.75, 3.05) is 14.1 Å². The van der Waals surface area contributed by atoms with E-state index in [2.05, 4.69) is 10.3 Å². The van der Waals surface area contributed by atoms with Gasteiger partial charge in [-0.25, -0.2) is 4.99 Å². The first-order chi connectivity index (χ1) is 9.62. The Morgan fingerprint density at radius 3 is 2.33 bits per heavy atom. The van der Waals surface area contributed by atoms with Gasteiger partial charge in [-0.2, -0.15) is 13.2 Å². The number of nitrogens with two attached hydrogens (primary N) is 2. The van der Waals surface area contributed by atoms with Crippen LogP contribution in [-0.4, -0.2) is 42.8 Å². The molecule has 0 aromatic heterocycles. The Morgan fingerprint density at radius 2 is 1.86 bits per heavy atom. The van der Waals surface area contributed by atoms with Gasteiger partial charge in [-0.15, -0.1) is 0 Å². The molecule has 1 atom stereocenters. The summed E-state index contributed by atoms with van der Waals surface area (Å²) >= 11 is 0. The van der Waals surface area contributed by atoms with Crippen LogP contribution < -0.4 is 16.8 Å². The second kappa shape index (κ2) is 5.49. The van der Waals surface area contributed by atoms with Crippen LogP contribution in [0.3, 0.4) is 0 Å². The minimum absolute atomic E-state index is 0.106. The van der Waals surface area contributed by atoms with E-state index in [1.165, 1.54) is 4.90 Å². The van der Waals surface area contributed by atoms with E-state index < -0.39 is 17.5 Å². The third kappa shape index (κ3) is 3.49. The molecule has 0 aromatic rings. The predicted octanol–water partition coefficient (Wildman–Crippen LogP) is 1.13. The van der Waals surface area contributed by atoms with Crippen molar-refractivity contribution < 1.29 is 13.2 Å². The van der Waals surface area contributed by atoms with Crippen molar-refractivity contribution in [3.05, 3.63) is 11.8 Å². The molecular weight excluding hydrogens is 283 g/mol. The van der Waals surface area contributed by atoms with Crippen molar-refractivity contribution in [3.63, 3.8) is 0 Å². The number of halogens is 3. The summed E-state index contributed by atoms with van der Waals surface area (Å²) in [6.45, 7) is 0. The highest BCUT2D eigenvalue weighted by molar-refractivity contribution is 5.83. The van der Waals surface area contributed by atoms with E-state index in [0.29, 0.717) is 12.8 Å². The van der Waals surface area contributed by atoms with Crippen LogP contribution >= 0.6 is 0 Å². The largest absolute Gasteiger partial charge is 0.431 e. The molecule has 5 nitrogen and oxygen atoms in total. The second-order valence-corrected chi connectivity index (χ2v) is 6.01. The first-order valence-corrected chi connectivity index (χ1v) is 7.00. The van der Waals surface area contributed by atoms with Gasteiger partial charge in [0.1, 0.15) is 11.4 Å². The maximum absolute atomic E-state index is 13.1. The summed E-state index contributed by atoms with van der Waals surface area (Å²) in [5.74, 6) is -0.00565. The maximum Gasteiger partial charge on any atom is 0.431 e. The predicted molar refractivity (Wildman–Crippen MR) is 75.2 cm³/mol. The van der Waals surface area contributed by atoms with Gasteiger partial charge in [-0.3, -0.25) is 0 Å². The molecule has 120 valence electrons. The normalized spacial score (nSPS) is 33.9. The Hall–Kier alpha value is -1.28. The number of guanidine groups is 1. The van der Waals surface area contributed by atoms with Crippen LogP contribution in [0, 0.1) is 5.92 Å². The molecule has 1 aliphatic heterocycles. The van der Waals surface area contributed by atoms with Gasteiger partial charge in [0.25, 0.3) is 0 Å². The fraction of sp³-hybridized carbons (Fsp3) is 0.769. The molecule has 0 radical (unpaired) electrons. The molecule has 21 heavy (non-hydrogen) atoms. The highest BCUT2D eigenvalue weighted by Crippen LogP contribution is 2.37. The molecule has 2 aliphatic rings. The zero-order chi connectivity index (χ0) is 15.8. The minimum atomic E-state index is -4.48. The Morgan fingerprint density at radius 1 is 1.29 bits per heavy atom. The quantitative estimate of drug-likeness (QED) is 0.678. The molecule has 1 fully saturated rings. The lowest BCUT2D eigenvalue weighted by molar-refractivity contribution is -0.0964. The molecule has 0 spiro atoms. The maximum atomic E-state index is 13.1. The Bertz CT molecular complexity index is 449. The van der Waals surface area contributed by atoms with Crippen LogP contribution in [0.5, 0.6) is 0 Å². The minimum Gasteiger partial charge on any atom is -0.349 e. The second-order valence-electron chi connectivity index (χ2n) is 6.01. The van der Waals surface area contributed by atoms with Gasteiger partial charge < -0.3 is 21.7 Å². The van der Waals surface area contributed by atoms with Gasteiger partial charge >= 0.3 is 6.18 Å². The van der Waals surface area contributed by atoms with Crippen LogP contribution in [0.1, 0.15) is 25.7 Å². The molecule has 1 heterocycles. The molecule has 5 N–H and O–H groups in total. The Balaban J connectivity index is 2.32. The fourth-order valence-electron chi connectivity index (χ4n) is 2.79. The van der Waals surface area contributed by atoms with Crippen molar-refractivity contribution in [3.8, 4) is 0 Å². The van der Waals surface area contributed by atoms with Gasteiger partial charge in [0, 0.05) is 26.1 Å². The molecule has 0 amide bonds. The molecule has 2 rings (SSSR count). The summed E-state index contributed by atoms with van der Waals surface area (Å²) in [4.78, 5) is 5.81. The first-order valence-electron chi connectivity index (χ1n) is 7.00. The summed E-state index contributed by atoms with van der Waals surface area (Å²) in [5.41, 5.74) is 9.89. The number of nitrogens with zero attached hydrogens (tertiary/aromatic N) is 2. The highest BCUT2D eigenvalue weighted by Gasteiger charge is 2.44. The third-order valence-electron chi connectivity index (χ3n) is 4.08. The average molecular weight is 305 g/mol. The lowest BCUT2D eigenvalue weighted by Crippen LogP contribution is -2.54. The summed E-state index contributed by atoms with van der Waals surface area (Å²) in [6, 6.07) is 0.106. The smallest absolute Gasteiger partial charge is 0.349 e. The van der Waals surface area contributed by atoms with Crippen molar-refractivity contribution in [2.45, 2.75) is 43.6 Å². The first kappa shape index (κ1) is 16.1. The van der Waals surface area contributed by atoms with Crippen LogP contribution in [0.4, 0.5) is 13.2 Å². The van der Waals surface area contributed by atoms with Gasteiger partial charge in [-0.05, 0) is 31.8 Å². The molecule has 0 aromatic carbocycles. The summed E-state index contributed by atoms with van der Waals surface area (Å²) in [6.07, 6.45) is -0.570. The van der Waals surface area contributed by atoms with Crippen LogP contribution in [0.15, 0.2) is 16.8 Å². The molecule has 0 bridgehead atoms. The summed E-state index contributed by atoms with van der Waals surface area (Å²) in [7, 11) is 3.25. The molecule has 1 aliphatic carbocycles. The van der Waals surface area contributed by atoms with E-state index in [1.54, 1.807) is 14.1 Å². The number of rotatable bonds is 1. The molecule has 0 unspecified atom stereocenters. The number of aliphatic imine (C=N–C) groups is 1. The van der Waals surface area contributed by atoms with E-state index in [-0.39, 0.29) is 17.9 Å². The van der Waals surface area contributed by atoms with Crippen LogP contribution in [0.25, 0.3) is 0 Å². The van der Waals surface area contributed by atoms with Gasteiger partial charge in [0.2, 0.25) is 0 Å². The van der Waals surface area contributed by atoms with Crippen LogP contribution in [-0.2, 0) is 0 Å². The fourth-order valence-corrected chi connectivity index (χ4v) is 2.79. The molecule has 8 heteroatoms. The number of hydrogen-bond acceptors (Lipinski definition) is 5. The van der Waals surface area contributed by atoms with Crippen molar-refractivity contribution in [1.82, 2.24) is 10.2 Å². The lowest BCUT2D eigenvalue weighted by atomic mass is 9.78. The van der Waals surface area contributed by atoms with Gasteiger partial charge in [0.05, 0.1) is 0 Å². The number of hydrogen-bond donors (Lipinski definition) is 3. The van der Waals surface area contributed by atoms with E-state index in [1.807, 2.05) is 0 Å². The molecule has 0 saturated heterocycles. The summed E-state index contributed by atoms with van der Waals surface area (Å²) < 4.78 is 39.2. The number of nitrogens with one attached hydrogen (secondary N) is 1. The number of allylic oxidation sites excluding steroid dienone is 1. The Kier molecular flexibility index (Phi) is 4.21. The summed E-state index contributed by atoms with van der Waals surface area (Å²) in [5, 5.41) is 2.30. The van der Waals surface area contributed by atoms with Gasteiger partial charge in [-0.1, -0.05) is 0 Å². The lowest BCUT2D eigenvalue weighted by Gasteiger charge is -2.40. The topological polar surface area (TPSA) is 79.7 Å². The number of alkyl halides is 3. The SMILES string of the molecule is CN(C)C1=N[C@@](N)(C2CCC(N)CC2)C=C(C(F)(F)F)N1. The van der Waals surface area contributed by atoms with E-state index in [4.69, 9.17) is 11.5 Å². The molecular formula is C13H22F3N5. The third-order valence-corrected chi connectivity index (χ3v) is 4.08. The average Bonchev–Trinajstić information content (AvgIpc) is 2.37.